The van der Waals surface area contributed by atoms with E-state index in [0.29, 0.717) is 17.1 Å². The predicted octanol–water partition coefficient (Wildman–Crippen LogP) is 0.728. The second-order valence-electron chi connectivity index (χ2n) is 5.43. The molecular formula is C13H23N3O3S. The molecular weight excluding hydrogens is 278 g/mol. The molecule has 20 heavy (non-hydrogen) atoms. The summed E-state index contributed by atoms with van der Waals surface area (Å²) in [6, 6.07) is -0.0172. The zero-order chi connectivity index (χ0) is 14.9. The van der Waals surface area contributed by atoms with Crippen LogP contribution < -0.4 is 10.5 Å². The van der Waals surface area contributed by atoms with Crippen molar-refractivity contribution in [3.8, 4) is 0 Å². The topological polar surface area (TPSA) is 88.6 Å². The lowest BCUT2D eigenvalue weighted by molar-refractivity contribution is 0.248. The molecule has 2 heterocycles. The van der Waals surface area contributed by atoms with Crippen molar-refractivity contribution in [2.45, 2.75) is 44.2 Å². The maximum Gasteiger partial charge on any atom is 0.244 e. The van der Waals surface area contributed by atoms with Crippen molar-refractivity contribution < 1.29 is 12.8 Å². The summed E-state index contributed by atoms with van der Waals surface area (Å²) in [5.41, 5.74) is 6.23. The van der Waals surface area contributed by atoms with Crippen LogP contribution in [0.3, 0.4) is 0 Å². The molecule has 1 aliphatic heterocycles. The van der Waals surface area contributed by atoms with E-state index in [2.05, 4.69) is 9.62 Å². The zero-order valence-corrected chi connectivity index (χ0v) is 13.1. The summed E-state index contributed by atoms with van der Waals surface area (Å²) in [7, 11) is -1.53. The van der Waals surface area contributed by atoms with E-state index in [0.717, 1.165) is 25.9 Å². The van der Waals surface area contributed by atoms with E-state index in [-0.39, 0.29) is 17.5 Å². The molecule has 1 aromatic rings. The van der Waals surface area contributed by atoms with E-state index in [1.165, 1.54) is 0 Å². The summed E-state index contributed by atoms with van der Waals surface area (Å²) < 4.78 is 33.3. The van der Waals surface area contributed by atoms with Crippen LogP contribution in [0.4, 0.5) is 0 Å². The Morgan fingerprint density at radius 2 is 1.90 bits per heavy atom. The van der Waals surface area contributed by atoms with E-state index in [9.17, 15) is 8.42 Å². The van der Waals surface area contributed by atoms with Gasteiger partial charge in [-0.25, -0.2) is 13.1 Å². The van der Waals surface area contributed by atoms with E-state index >= 15 is 0 Å². The largest absolute Gasteiger partial charge is 0.465 e. The van der Waals surface area contributed by atoms with Gasteiger partial charge in [-0.3, -0.25) is 0 Å². The number of nitrogens with one attached hydrogen (secondary N) is 1. The van der Waals surface area contributed by atoms with E-state index in [1.807, 2.05) is 7.05 Å². The third-order valence-electron chi connectivity index (χ3n) is 3.84. The van der Waals surface area contributed by atoms with Gasteiger partial charge in [-0.1, -0.05) is 0 Å². The molecule has 1 saturated heterocycles. The smallest absolute Gasteiger partial charge is 0.244 e. The van der Waals surface area contributed by atoms with E-state index in [4.69, 9.17) is 10.2 Å². The molecule has 0 aromatic carbocycles. The Kier molecular flexibility index (Phi) is 4.53. The number of sulfonamides is 1. The molecule has 1 aromatic heterocycles. The maximum absolute atomic E-state index is 12.6. The normalized spacial score (nSPS) is 18.6. The maximum atomic E-state index is 12.6. The highest BCUT2D eigenvalue weighted by Crippen LogP contribution is 2.26. The number of likely N-dealkylation sites (tertiary alicyclic amines) is 1. The molecule has 0 bridgehead atoms. The Balaban J connectivity index is 2.23. The average Bonchev–Trinajstić information content (AvgIpc) is 2.66. The summed E-state index contributed by atoms with van der Waals surface area (Å²) in [6.45, 7) is 5.37. The molecule has 0 unspecified atom stereocenters. The number of nitrogens with two attached hydrogens (primary N) is 1. The third-order valence-corrected chi connectivity index (χ3v) is 5.55. The Morgan fingerprint density at radius 1 is 1.30 bits per heavy atom. The Hall–Kier alpha value is -0.890. The minimum atomic E-state index is -3.57. The summed E-state index contributed by atoms with van der Waals surface area (Å²) in [5.74, 6) is 0.983. The number of piperidine rings is 1. The van der Waals surface area contributed by atoms with Crippen molar-refractivity contribution in [2.75, 3.05) is 20.1 Å². The first kappa shape index (κ1) is 15.5. The second-order valence-corrected chi connectivity index (χ2v) is 7.08. The molecule has 0 aliphatic carbocycles. The van der Waals surface area contributed by atoms with Gasteiger partial charge >= 0.3 is 0 Å². The van der Waals surface area contributed by atoms with Crippen molar-refractivity contribution in [1.82, 2.24) is 9.62 Å². The van der Waals surface area contributed by atoms with Gasteiger partial charge in [0.25, 0.3) is 0 Å². The average molecular weight is 301 g/mol. The molecule has 0 spiro atoms. The number of furan rings is 1. The molecule has 3 N–H and O–H groups in total. The van der Waals surface area contributed by atoms with Crippen LogP contribution in [-0.4, -0.2) is 39.5 Å². The lowest BCUT2D eigenvalue weighted by atomic mass is 10.1. The highest BCUT2D eigenvalue weighted by molar-refractivity contribution is 7.89. The van der Waals surface area contributed by atoms with Crippen molar-refractivity contribution >= 4 is 10.0 Å². The minimum absolute atomic E-state index is 0.0172. The van der Waals surface area contributed by atoms with Gasteiger partial charge in [0, 0.05) is 18.2 Å². The number of nitrogens with zero attached hydrogens (tertiary/aromatic N) is 1. The van der Waals surface area contributed by atoms with Crippen LogP contribution in [0.1, 0.15) is 29.9 Å². The Morgan fingerprint density at radius 3 is 2.45 bits per heavy atom. The molecule has 0 radical (unpaired) electrons. The van der Waals surface area contributed by atoms with Crippen LogP contribution in [0.25, 0.3) is 0 Å². The van der Waals surface area contributed by atoms with E-state index < -0.39 is 10.0 Å². The van der Waals surface area contributed by atoms with Crippen molar-refractivity contribution in [3.05, 3.63) is 17.1 Å². The summed E-state index contributed by atoms with van der Waals surface area (Å²) in [5, 5.41) is 0. The zero-order valence-electron chi connectivity index (χ0n) is 12.3. The van der Waals surface area contributed by atoms with Crippen molar-refractivity contribution in [2.24, 2.45) is 5.73 Å². The van der Waals surface area contributed by atoms with Crippen molar-refractivity contribution in [1.29, 1.82) is 0 Å². The van der Waals surface area contributed by atoms with Gasteiger partial charge in [-0.2, -0.15) is 0 Å². The summed E-state index contributed by atoms with van der Waals surface area (Å²) in [6.07, 6.45) is 1.65. The lowest BCUT2D eigenvalue weighted by Crippen LogP contribution is -2.43. The van der Waals surface area contributed by atoms with Crippen LogP contribution in [-0.2, 0) is 16.6 Å². The summed E-state index contributed by atoms with van der Waals surface area (Å²) >= 11 is 0. The van der Waals surface area contributed by atoms with Gasteiger partial charge in [0.15, 0.2) is 0 Å². The van der Waals surface area contributed by atoms with Crippen LogP contribution in [0, 0.1) is 13.8 Å². The molecule has 114 valence electrons. The molecule has 0 amide bonds. The third kappa shape index (κ3) is 3.06. The first-order valence-corrected chi connectivity index (χ1v) is 8.33. The highest BCUT2D eigenvalue weighted by Gasteiger charge is 2.29. The van der Waals surface area contributed by atoms with Crippen LogP contribution in [0.15, 0.2) is 9.31 Å². The van der Waals surface area contributed by atoms with Crippen LogP contribution in [0.5, 0.6) is 0 Å². The second kappa shape index (κ2) is 5.85. The van der Waals surface area contributed by atoms with Gasteiger partial charge < -0.3 is 15.1 Å². The minimum Gasteiger partial charge on any atom is -0.465 e. The van der Waals surface area contributed by atoms with Crippen LogP contribution in [0.2, 0.25) is 0 Å². The van der Waals surface area contributed by atoms with Gasteiger partial charge in [-0.15, -0.1) is 0 Å². The molecule has 2 rings (SSSR count). The predicted molar refractivity (Wildman–Crippen MR) is 76.9 cm³/mol. The fourth-order valence-electron chi connectivity index (χ4n) is 2.70. The summed E-state index contributed by atoms with van der Waals surface area (Å²) in [4.78, 5) is 2.42. The van der Waals surface area contributed by atoms with Gasteiger partial charge in [0.1, 0.15) is 16.4 Å². The number of aryl methyl sites for hydroxylation is 2. The SMILES string of the molecule is Cc1oc(C)c(S(=O)(=O)NC2CCN(C)CC2)c1CN. The first-order chi connectivity index (χ1) is 9.35. The fourth-order valence-corrected chi connectivity index (χ4v) is 4.47. The van der Waals surface area contributed by atoms with Gasteiger partial charge in [0.05, 0.1) is 0 Å². The number of hydrogen-bond donors (Lipinski definition) is 2. The monoisotopic (exact) mass is 301 g/mol. The standard InChI is InChI=1S/C13H23N3O3S/c1-9-12(8-14)13(10(2)19-9)20(17,18)15-11-4-6-16(3)7-5-11/h11,15H,4-8,14H2,1-3H3. The van der Waals surface area contributed by atoms with Gasteiger partial charge in [-0.05, 0) is 46.8 Å². The highest BCUT2D eigenvalue weighted by atomic mass is 32.2. The number of hydrogen-bond acceptors (Lipinski definition) is 5. The van der Waals surface area contributed by atoms with Crippen LogP contribution >= 0.6 is 0 Å². The number of rotatable bonds is 4. The quantitative estimate of drug-likeness (QED) is 0.856. The molecule has 7 heteroatoms. The first-order valence-electron chi connectivity index (χ1n) is 6.85. The Labute approximate surface area is 120 Å². The lowest BCUT2D eigenvalue weighted by Gasteiger charge is -2.29. The van der Waals surface area contributed by atoms with Gasteiger partial charge in [0.2, 0.25) is 10.0 Å². The van der Waals surface area contributed by atoms with Crippen molar-refractivity contribution in [3.63, 3.8) is 0 Å². The fraction of sp³-hybridized carbons (Fsp3) is 0.692. The molecule has 0 atom stereocenters. The molecule has 1 fully saturated rings. The van der Waals surface area contributed by atoms with E-state index in [1.54, 1.807) is 13.8 Å². The molecule has 6 nitrogen and oxygen atoms in total. The molecule has 0 saturated carbocycles. The Bertz CT molecular complexity index is 572. The molecule has 1 aliphatic rings.